The normalized spacial score (nSPS) is 19.0. The summed E-state index contributed by atoms with van der Waals surface area (Å²) >= 11 is 0. The molecule has 1 unspecified atom stereocenters. The highest BCUT2D eigenvalue weighted by Crippen LogP contribution is 2.34. The van der Waals surface area contributed by atoms with Gasteiger partial charge in [0.25, 0.3) is 12.3 Å². The van der Waals surface area contributed by atoms with Crippen molar-refractivity contribution in [2.24, 2.45) is 0 Å². The van der Waals surface area contributed by atoms with Gasteiger partial charge in [0.1, 0.15) is 22.9 Å². The number of benzene rings is 1. The Morgan fingerprint density at radius 1 is 0.904 bits per heavy atom. The number of carbonyl (C=O) groups excluding carboxylic acids is 3. The summed E-state index contributed by atoms with van der Waals surface area (Å²) < 4.78 is 33.6. The van der Waals surface area contributed by atoms with Crippen molar-refractivity contribution in [3.63, 3.8) is 0 Å². The number of imide groups is 1. The maximum atomic E-state index is 13.0. The van der Waals surface area contributed by atoms with Crippen LogP contribution in [0.5, 0.6) is 5.75 Å². The summed E-state index contributed by atoms with van der Waals surface area (Å²) in [4.78, 5) is 47.0. The van der Waals surface area contributed by atoms with E-state index in [0.29, 0.717) is 36.1 Å². The first-order valence-electron chi connectivity index (χ1n) is 18.4. The maximum absolute atomic E-state index is 13.0. The Labute approximate surface area is 303 Å². The van der Waals surface area contributed by atoms with Crippen LogP contribution in [0.2, 0.25) is 0 Å². The molecule has 2 N–H and O–H groups in total. The third kappa shape index (κ3) is 9.20. The lowest BCUT2D eigenvalue weighted by Crippen LogP contribution is -2.39. The number of piperidine rings is 2. The van der Waals surface area contributed by atoms with Gasteiger partial charge in [0, 0.05) is 30.8 Å². The van der Waals surface area contributed by atoms with Crippen molar-refractivity contribution in [3.8, 4) is 5.75 Å². The predicted molar refractivity (Wildman–Crippen MR) is 195 cm³/mol. The van der Waals surface area contributed by atoms with Crippen molar-refractivity contribution in [2.75, 3.05) is 25.5 Å². The summed E-state index contributed by atoms with van der Waals surface area (Å²) in [6.07, 6.45) is 10.2. The van der Waals surface area contributed by atoms with E-state index < -0.39 is 18.0 Å². The molecule has 1 saturated carbocycles. The van der Waals surface area contributed by atoms with Crippen molar-refractivity contribution in [2.45, 2.75) is 102 Å². The Morgan fingerprint density at radius 2 is 1.62 bits per heavy atom. The van der Waals surface area contributed by atoms with Crippen LogP contribution in [0.3, 0.4) is 0 Å². The molecule has 0 spiro atoms. The van der Waals surface area contributed by atoms with Crippen LogP contribution < -0.4 is 15.4 Å². The molecule has 7 rings (SSSR count). The number of alkyl halides is 2. The molecular weight excluding hydrogens is 666 g/mol. The number of ether oxygens (including phenoxy) is 1. The van der Waals surface area contributed by atoms with Crippen molar-refractivity contribution < 1.29 is 27.9 Å². The Hall–Kier alpha value is -4.71. The number of amides is 3. The van der Waals surface area contributed by atoms with Crippen LogP contribution in [-0.4, -0.2) is 63.2 Å². The van der Waals surface area contributed by atoms with Crippen molar-refractivity contribution >= 4 is 29.2 Å². The van der Waals surface area contributed by atoms with Crippen molar-refractivity contribution in [3.05, 3.63) is 89.0 Å². The largest absolute Gasteiger partial charge is 0.490 e. The first-order valence-corrected chi connectivity index (χ1v) is 18.4. The number of rotatable bonds is 8. The van der Waals surface area contributed by atoms with Crippen LogP contribution in [0.1, 0.15) is 129 Å². The zero-order chi connectivity index (χ0) is 36.8. The number of anilines is 1. The second-order valence-corrected chi connectivity index (χ2v) is 14.4. The highest BCUT2D eigenvalue weighted by molar-refractivity contribution is 6.06. The summed E-state index contributed by atoms with van der Waals surface area (Å²) in [6, 6.07) is 14.3. The second kappa shape index (κ2) is 16.8. The van der Waals surface area contributed by atoms with E-state index in [9.17, 15) is 23.2 Å². The van der Waals surface area contributed by atoms with E-state index in [2.05, 4.69) is 51.8 Å². The van der Waals surface area contributed by atoms with E-state index in [-0.39, 0.29) is 35.2 Å². The quantitative estimate of drug-likeness (QED) is 0.179. The number of halogens is 2. The molecular formula is C40H48F2N6O4. The Balaban J connectivity index is 0.000000192. The fourth-order valence-corrected chi connectivity index (χ4v) is 7.33. The van der Waals surface area contributed by atoms with Gasteiger partial charge in [-0.05, 0) is 95.3 Å². The number of fused-ring (bicyclic) bond motifs is 1. The standard InChI is InChI=1S/C23H26F2N4O2.C17H22N2O2/c1-14(2)31-19-11-21-27-18(15-7-4-3-5-8-15)13-29(21)12-16(19)23(30)28-20-10-6-9-17(26-20)22(24)25;1-19-10-8-13(9-11-19)12-2-4-14(5-3-12)15-6-7-16(20)18-17(15)21/h6,9-15,22H,3-5,7-8H2,1-2H3,(H,26,28,30);2-5,13,15H,6-11H2,1H3,(H,18,20,21). The summed E-state index contributed by atoms with van der Waals surface area (Å²) in [7, 11) is 2.17. The number of hydrogen-bond acceptors (Lipinski definition) is 7. The lowest BCUT2D eigenvalue weighted by atomic mass is 9.86. The molecule has 2 aliphatic heterocycles. The lowest BCUT2D eigenvalue weighted by Gasteiger charge is -2.29. The molecule has 3 aromatic heterocycles. The van der Waals surface area contributed by atoms with Gasteiger partial charge in [0.2, 0.25) is 11.8 Å². The van der Waals surface area contributed by atoms with Gasteiger partial charge < -0.3 is 19.4 Å². The van der Waals surface area contributed by atoms with Crippen LogP contribution in [0.4, 0.5) is 14.6 Å². The van der Waals surface area contributed by atoms with Gasteiger partial charge in [-0.3, -0.25) is 19.7 Å². The number of aromatic nitrogens is 3. The maximum Gasteiger partial charge on any atom is 0.280 e. The molecule has 1 aromatic carbocycles. The minimum absolute atomic E-state index is 0.0620. The monoisotopic (exact) mass is 714 g/mol. The summed E-state index contributed by atoms with van der Waals surface area (Å²) in [6.45, 7) is 6.05. The number of pyridine rings is 2. The smallest absolute Gasteiger partial charge is 0.280 e. The molecule has 5 heterocycles. The van der Waals surface area contributed by atoms with E-state index >= 15 is 0 Å². The lowest BCUT2D eigenvalue weighted by molar-refractivity contribution is -0.134. The molecule has 1 atom stereocenters. The number of nitrogens with zero attached hydrogens (tertiary/aromatic N) is 4. The fraction of sp³-hybridized carbons (Fsp3) is 0.475. The SMILES string of the molecule is CC(C)Oc1cc2nc(C3CCCCC3)cn2cc1C(=O)Nc1cccc(C(F)F)n1.CN1CCC(c2ccc(C3CCC(=O)NC3=O)cc2)CC1. The number of likely N-dealkylation sites (tertiary alicyclic amines) is 1. The van der Waals surface area contributed by atoms with E-state index in [1.165, 1.54) is 55.9 Å². The van der Waals surface area contributed by atoms with Gasteiger partial charge in [-0.25, -0.2) is 18.7 Å². The molecule has 2 saturated heterocycles. The zero-order valence-corrected chi connectivity index (χ0v) is 30.1. The first kappa shape index (κ1) is 37.1. The topological polar surface area (TPSA) is 118 Å². The third-order valence-corrected chi connectivity index (χ3v) is 10.2. The van der Waals surface area contributed by atoms with E-state index in [1.807, 2.05) is 24.4 Å². The minimum atomic E-state index is -2.71. The molecule has 4 aromatic rings. The molecule has 0 bridgehead atoms. The first-order chi connectivity index (χ1) is 25.0. The molecule has 3 aliphatic rings. The molecule has 12 heteroatoms. The average molecular weight is 715 g/mol. The van der Waals surface area contributed by atoms with Gasteiger partial charge in [-0.15, -0.1) is 0 Å². The summed E-state index contributed by atoms with van der Waals surface area (Å²) in [5, 5.41) is 5.03. The summed E-state index contributed by atoms with van der Waals surface area (Å²) in [5.41, 5.74) is 4.04. The van der Waals surface area contributed by atoms with E-state index in [4.69, 9.17) is 9.72 Å². The molecule has 52 heavy (non-hydrogen) atoms. The predicted octanol–water partition coefficient (Wildman–Crippen LogP) is 7.77. The highest BCUT2D eigenvalue weighted by atomic mass is 19.3. The molecule has 1 aliphatic carbocycles. The minimum Gasteiger partial charge on any atom is -0.490 e. The zero-order valence-electron chi connectivity index (χ0n) is 30.1. The van der Waals surface area contributed by atoms with Crippen LogP contribution in [-0.2, 0) is 9.59 Å². The Kier molecular flexibility index (Phi) is 11.9. The highest BCUT2D eigenvalue weighted by Gasteiger charge is 2.28. The number of carbonyl (C=O) groups is 3. The number of nitrogens with one attached hydrogen (secondary N) is 2. The van der Waals surface area contributed by atoms with Crippen LogP contribution in [0.15, 0.2) is 60.9 Å². The Bertz CT molecular complexity index is 1860. The average Bonchev–Trinajstić information content (AvgIpc) is 3.55. The third-order valence-electron chi connectivity index (χ3n) is 10.2. The van der Waals surface area contributed by atoms with E-state index in [0.717, 1.165) is 37.2 Å². The van der Waals surface area contributed by atoms with Crippen LogP contribution >= 0.6 is 0 Å². The van der Waals surface area contributed by atoms with E-state index in [1.54, 1.807) is 12.3 Å². The van der Waals surface area contributed by atoms with Gasteiger partial charge in [0.05, 0.1) is 23.3 Å². The van der Waals surface area contributed by atoms with Crippen LogP contribution in [0.25, 0.3) is 5.65 Å². The molecule has 276 valence electrons. The van der Waals surface area contributed by atoms with Gasteiger partial charge in [-0.2, -0.15) is 0 Å². The van der Waals surface area contributed by atoms with Gasteiger partial charge in [-0.1, -0.05) is 49.6 Å². The second-order valence-electron chi connectivity index (χ2n) is 14.4. The number of imidazole rings is 1. The van der Waals surface area contributed by atoms with Gasteiger partial charge in [0.15, 0.2) is 0 Å². The van der Waals surface area contributed by atoms with Crippen LogP contribution in [0, 0.1) is 0 Å². The molecule has 0 radical (unpaired) electrons. The fourth-order valence-electron chi connectivity index (χ4n) is 7.33. The molecule has 10 nitrogen and oxygen atoms in total. The summed E-state index contributed by atoms with van der Waals surface area (Å²) in [5.74, 6) is 0.563. The molecule has 3 amide bonds. The Morgan fingerprint density at radius 3 is 2.29 bits per heavy atom. The van der Waals surface area contributed by atoms with Crippen molar-refractivity contribution in [1.82, 2.24) is 24.6 Å². The van der Waals surface area contributed by atoms with Gasteiger partial charge >= 0.3 is 0 Å². The number of hydrogen-bond donors (Lipinski definition) is 2. The molecule has 3 fully saturated rings. The van der Waals surface area contributed by atoms with Crippen molar-refractivity contribution in [1.29, 1.82) is 0 Å².